The molecule has 1 aromatic carbocycles. The van der Waals surface area contributed by atoms with Gasteiger partial charge >= 0.3 is 6.03 Å². The van der Waals surface area contributed by atoms with Crippen LogP contribution in [0.25, 0.3) is 0 Å². The van der Waals surface area contributed by atoms with Gasteiger partial charge in [0.15, 0.2) is 0 Å². The number of anilines is 1. The average Bonchev–Trinajstić information content (AvgIpc) is 2.49. The van der Waals surface area contributed by atoms with Gasteiger partial charge in [-0.2, -0.15) is 0 Å². The van der Waals surface area contributed by atoms with Crippen LogP contribution in [0.1, 0.15) is 31.1 Å². The van der Waals surface area contributed by atoms with Crippen LogP contribution in [0.2, 0.25) is 0 Å². The molecule has 0 radical (unpaired) electrons. The van der Waals surface area contributed by atoms with E-state index in [4.69, 9.17) is 4.74 Å². The number of hydrogen-bond acceptors (Lipinski definition) is 4. The van der Waals surface area contributed by atoms with Gasteiger partial charge in [-0.15, -0.1) is 0 Å². The van der Waals surface area contributed by atoms with Gasteiger partial charge in [0.25, 0.3) is 5.91 Å². The molecule has 0 unspecified atom stereocenters. The maximum absolute atomic E-state index is 12.0. The molecule has 0 atom stereocenters. The summed E-state index contributed by atoms with van der Waals surface area (Å²) in [4.78, 5) is 25.5. The van der Waals surface area contributed by atoms with E-state index in [1.807, 2.05) is 0 Å². The Morgan fingerprint density at radius 1 is 1.17 bits per heavy atom. The van der Waals surface area contributed by atoms with E-state index in [9.17, 15) is 9.59 Å². The van der Waals surface area contributed by atoms with Crippen LogP contribution < -0.4 is 20.7 Å². The highest BCUT2D eigenvalue weighted by Crippen LogP contribution is 2.25. The summed E-state index contributed by atoms with van der Waals surface area (Å²) in [6.45, 7) is 7.33. The maximum Gasteiger partial charge on any atom is 0.319 e. The molecule has 24 heavy (non-hydrogen) atoms. The number of rotatable bonds is 6. The zero-order valence-electron chi connectivity index (χ0n) is 15.3. The van der Waals surface area contributed by atoms with Gasteiger partial charge in [0.05, 0.1) is 12.8 Å². The normalized spacial score (nSPS) is 10.9. The third-order valence-electron chi connectivity index (χ3n) is 3.17. The number of carbonyl (C=O) groups excluding carboxylic acids is 2. The first-order valence-electron chi connectivity index (χ1n) is 7.83. The molecule has 3 amide bonds. The van der Waals surface area contributed by atoms with Crippen LogP contribution in [-0.2, 0) is 0 Å². The number of carbonyl (C=O) groups is 2. The van der Waals surface area contributed by atoms with Crippen molar-refractivity contribution < 1.29 is 14.3 Å². The lowest BCUT2D eigenvalue weighted by Crippen LogP contribution is -2.42. The summed E-state index contributed by atoms with van der Waals surface area (Å²) in [5.74, 6) is 0.351. The van der Waals surface area contributed by atoms with Crippen LogP contribution in [0.4, 0.5) is 10.5 Å². The monoisotopic (exact) mass is 336 g/mol. The number of amides is 3. The summed E-state index contributed by atoms with van der Waals surface area (Å²) in [6.07, 6.45) is 0. The molecule has 7 heteroatoms. The molecular formula is C17H28N4O3. The number of nitrogens with zero attached hydrogens (tertiary/aromatic N) is 1. The van der Waals surface area contributed by atoms with E-state index >= 15 is 0 Å². The summed E-state index contributed by atoms with van der Waals surface area (Å²) in [7, 11) is 4.86. The zero-order valence-corrected chi connectivity index (χ0v) is 15.3. The number of methoxy groups -OCH3 is 1. The van der Waals surface area contributed by atoms with Crippen LogP contribution in [0.15, 0.2) is 18.2 Å². The predicted molar refractivity (Wildman–Crippen MR) is 95.8 cm³/mol. The number of benzene rings is 1. The lowest BCUT2D eigenvalue weighted by molar-refractivity contribution is 0.0827. The average molecular weight is 336 g/mol. The molecule has 0 spiro atoms. The molecule has 0 aliphatic carbocycles. The molecule has 0 aromatic heterocycles. The van der Waals surface area contributed by atoms with Crippen molar-refractivity contribution in [3.05, 3.63) is 23.8 Å². The second kappa shape index (κ2) is 8.54. The summed E-state index contributed by atoms with van der Waals surface area (Å²) >= 11 is 0. The van der Waals surface area contributed by atoms with Gasteiger partial charge in [0.1, 0.15) is 5.75 Å². The first-order chi connectivity index (χ1) is 11.1. The summed E-state index contributed by atoms with van der Waals surface area (Å²) in [5, 5.41) is 8.77. The van der Waals surface area contributed by atoms with Gasteiger partial charge in [-0.25, -0.2) is 4.79 Å². The molecular weight excluding hydrogens is 308 g/mol. The number of ether oxygens (including phenoxy) is 1. The van der Waals surface area contributed by atoms with E-state index in [2.05, 4.69) is 36.7 Å². The second-order valence-corrected chi connectivity index (χ2v) is 6.67. The SMILES string of the molecule is COc1ccc(C(=O)N(C)C)cc1NC(=O)NCCNC(C)(C)C. The van der Waals surface area contributed by atoms with Gasteiger partial charge in [0, 0.05) is 38.3 Å². The van der Waals surface area contributed by atoms with Crippen molar-refractivity contribution in [2.24, 2.45) is 0 Å². The Morgan fingerprint density at radius 3 is 2.38 bits per heavy atom. The highest BCUT2D eigenvalue weighted by Gasteiger charge is 2.14. The molecule has 0 saturated carbocycles. The van der Waals surface area contributed by atoms with Crippen molar-refractivity contribution in [2.75, 3.05) is 39.6 Å². The van der Waals surface area contributed by atoms with Crippen molar-refractivity contribution in [3.63, 3.8) is 0 Å². The van der Waals surface area contributed by atoms with E-state index in [0.29, 0.717) is 30.1 Å². The Labute approximate surface area is 143 Å². The van der Waals surface area contributed by atoms with Crippen LogP contribution in [0, 0.1) is 0 Å². The first kappa shape index (κ1) is 19.8. The highest BCUT2D eigenvalue weighted by atomic mass is 16.5. The van der Waals surface area contributed by atoms with Crippen molar-refractivity contribution in [3.8, 4) is 5.75 Å². The van der Waals surface area contributed by atoms with Crippen molar-refractivity contribution in [1.82, 2.24) is 15.5 Å². The minimum absolute atomic E-state index is 0.00223. The lowest BCUT2D eigenvalue weighted by atomic mass is 10.1. The third-order valence-corrected chi connectivity index (χ3v) is 3.17. The van der Waals surface area contributed by atoms with Crippen LogP contribution in [0.5, 0.6) is 5.75 Å². The smallest absolute Gasteiger partial charge is 0.319 e. The minimum Gasteiger partial charge on any atom is -0.495 e. The van der Waals surface area contributed by atoms with Gasteiger partial charge < -0.3 is 25.6 Å². The van der Waals surface area contributed by atoms with Crippen LogP contribution in [0.3, 0.4) is 0 Å². The lowest BCUT2D eigenvalue weighted by Gasteiger charge is -2.20. The number of nitrogens with one attached hydrogen (secondary N) is 3. The van der Waals surface area contributed by atoms with Gasteiger partial charge in [0.2, 0.25) is 0 Å². The topological polar surface area (TPSA) is 82.7 Å². The van der Waals surface area contributed by atoms with Crippen molar-refractivity contribution >= 4 is 17.6 Å². The van der Waals surface area contributed by atoms with Gasteiger partial charge in [-0.05, 0) is 39.0 Å². The van der Waals surface area contributed by atoms with Crippen molar-refractivity contribution in [1.29, 1.82) is 0 Å². The van der Waals surface area contributed by atoms with Crippen LogP contribution >= 0.6 is 0 Å². The van der Waals surface area contributed by atoms with Gasteiger partial charge in [-0.3, -0.25) is 4.79 Å². The van der Waals surface area contributed by atoms with E-state index in [1.54, 1.807) is 32.3 Å². The quantitative estimate of drug-likeness (QED) is 0.693. The molecule has 7 nitrogen and oxygen atoms in total. The fourth-order valence-corrected chi connectivity index (χ4v) is 1.98. The summed E-state index contributed by atoms with van der Waals surface area (Å²) < 4.78 is 5.23. The maximum atomic E-state index is 12.0. The largest absolute Gasteiger partial charge is 0.495 e. The Hall–Kier alpha value is -2.28. The Kier molecular flexibility index (Phi) is 7.03. The molecule has 0 bridgehead atoms. The zero-order chi connectivity index (χ0) is 18.3. The molecule has 0 saturated heterocycles. The predicted octanol–water partition coefficient (Wildman–Crippen LogP) is 1.91. The standard InChI is InChI=1S/C17H28N4O3/c1-17(2,3)19-10-9-18-16(23)20-13-11-12(15(22)21(4)5)7-8-14(13)24-6/h7-8,11,19H,9-10H2,1-6H3,(H2,18,20,23). The molecule has 0 aliphatic heterocycles. The minimum atomic E-state index is -0.349. The Morgan fingerprint density at radius 2 is 1.83 bits per heavy atom. The van der Waals surface area contributed by atoms with E-state index < -0.39 is 0 Å². The summed E-state index contributed by atoms with van der Waals surface area (Å²) in [5.41, 5.74) is 0.930. The van der Waals surface area contributed by atoms with E-state index in [1.165, 1.54) is 12.0 Å². The van der Waals surface area contributed by atoms with Crippen molar-refractivity contribution in [2.45, 2.75) is 26.3 Å². The first-order valence-corrected chi connectivity index (χ1v) is 7.83. The number of hydrogen-bond donors (Lipinski definition) is 3. The Balaban J connectivity index is 2.69. The second-order valence-electron chi connectivity index (χ2n) is 6.67. The molecule has 134 valence electrons. The molecule has 3 N–H and O–H groups in total. The molecule has 1 rings (SSSR count). The van der Waals surface area contributed by atoms with E-state index in [-0.39, 0.29) is 17.5 Å². The van der Waals surface area contributed by atoms with Gasteiger partial charge in [-0.1, -0.05) is 0 Å². The van der Waals surface area contributed by atoms with E-state index in [0.717, 1.165) is 0 Å². The molecule has 0 fully saturated rings. The number of urea groups is 1. The Bertz CT molecular complexity index is 580. The highest BCUT2D eigenvalue weighted by molar-refractivity contribution is 5.97. The molecule has 0 heterocycles. The van der Waals surface area contributed by atoms with Crippen LogP contribution in [-0.4, -0.2) is 56.7 Å². The molecule has 0 aliphatic rings. The summed E-state index contributed by atoms with van der Waals surface area (Å²) in [6, 6.07) is 4.58. The fourth-order valence-electron chi connectivity index (χ4n) is 1.98. The third kappa shape index (κ3) is 6.45. The fraction of sp³-hybridized carbons (Fsp3) is 0.529. The molecule has 1 aromatic rings.